The second kappa shape index (κ2) is 8.12. The van der Waals surface area contributed by atoms with Crippen molar-refractivity contribution in [3.05, 3.63) is 54.2 Å². The van der Waals surface area contributed by atoms with Crippen molar-refractivity contribution < 1.29 is 14.3 Å². The Bertz CT molecular complexity index is 1310. The fourth-order valence-electron chi connectivity index (χ4n) is 3.32. The van der Waals surface area contributed by atoms with Crippen molar-refractivity contribution in [2.45, 2.75) is 6.92 Å². The summed E-state index contributed by atoms with van der Waals surface area (Å²) in [5, 5.41) is 18.6. The van der Waals surface area contributed by atoms with E-state index in [2.05, 4.69) is 21.8 Å². The Morgan fingerprint density at radius 1 is 1.13 bits per heavy atom. The number of amides is 1. The van der Waals surface area contributed by atoms with Crippen LogP contribution in [0.5, 0.6) is 11.5 Å². The monoisotopic (exact) mass is 416 g/mol. The number of benzene rings is 2. The fraction of sp³-hybridized carbons (Fsp3) is 0.136. The smallest absolute Gasteiger partial charge is 0.221 e. The van der Waals surface area contributed by atoms with E-state index in [-0.39, 0.29) is 5.91 Å². The first-order chi connectivity index (χ1) is 15.0. The van der Waals surface area contributed by atoms with Crippen LogP contribution < -0.4 is 20.1 Å². The minimum Gasteiger partial charge on any atom is -0.493 e. The summed E-state index contributed by atoms with van der Waals surface area (Å²) in [6.45, 7) is 1.46. The average Bonchev–Trinajstić information content (AvgIpc) is 3.33. The number of nitrogens with one attached hydrogen (secondary N) is 3. The van der Waals surface area contributed by atoms with Crippen LogP contribution in [0.2, 0.25) is 0 Å². The van der Waals surface area contributed by atoms with Gasteiger partial charge < -0.3 is 20.1 Å². The third kappa shape index (κ3) is 3.74. The highest BCUT2D eigenvalue weighted by Crippen LogP contribution is 2.37. The number of carbonyl (C=O) groups excluding carboxylic acids is 1. The van der Waals surface area contributed by atoms with E-state index in [1.807, 2.05) is 30.3 Å². The van der Waals surface area contributed by atoms with Gasteiger partial charge in [0.2, 0.25) is 5.91 Å². The number of nitrogens with zero attached hydrogens (tertiary/aromatic N) is 3. The van der Waals surface area contributed by atoms with Crippen LogP contribution in [0.4, 0.5) is 17.2 Å². The number of aromatic amines is 1. The molecule has 31 heavy (non-hydrogen) atoms. The number of hydrogen-bond donors (Lipinski definition) is 3. The first kappa shape index (κ1) is 19.8. The number of hydrogen-bond acceptors (Lipinski definition) is 6. The highest BCUT2D eigenvalue weighted by Gasteiger charge is 2.20. The average molecular weight is 416 g/mol. The predicted molar refractivity (Wildman–Crippen MR) is 117 cm³/mol. The van der Waals surface area contributed by atoms with E-state index < -0.39 is 0 Å². The van der Waals surface area contributed by atoms with E-state index >= 15 is 0 Å². The molecule has 0 saturated carbocycles. The van der Waals surface area contributed by atoms with E-state index in [0.717, 1.165) is 11.3 Å². The van der Waals surface area contributed by atoms with Crippen LogP contribution in [-0.2, 0) is 4.79 Å². The minimum atomic E-state index is -0.155. The van der Waals surface area contributed by atoms with Gasteiger partial charge in [0, 0.05) is 30.1 Å². The maximum absolute atomic E-state index is 11.4. The molecule has 0 bridgehead atoms. The van der Waals surface area contributed by atoms with Gasteiger partial charge in [0.25, 0.3) is 0 Å². The highest BCUT2D eigenvalue weighted by molar-refractivity contribution is 5.89. The molecular weight excluding hydrogens is 396 g/mol. The summed E-state index contributed by atoms with van der Waals surface area (Å²) in [7, 11) is 3.14. The second-order valence-corrected chi connectivity index (χ2v) is 6.72. The van der Waals surface area contributed by atoms with Gasteiger partial charge in [-0.25, -0.2) is 9.50 Å². The zero-order valence-corrected chi connectivity index (χ0v) is 17.2. The van der Waals surface area contributed by atoms with Gasteiger partial charge in [-0.3, -0.25) is 9.89 Å². The van der Waals surface area contributed by atoms with E-state index in [1.54, 1.807) is 37.1 Å². The van der Waals surface area contributed by atoms with Gasteiger partial charge in [-0.1, -0.05) is 6.07 Å². The first-order valence-electron chi connectivity index (χ1n) is 9.41. The molecule has 0 radical (unpaired) electrons. The number of aromatic nitrogens is 3. The number of ether oxygens (including phenoxy) is 2. The normalized spacial score (nSPS) is 10.5. The zero-order valence-electron chi connectivity index (χ0n) is 17.2. The number of nitriles is 1. The SMILES string of the molecule is COc1ccc(-c2nc3c(C#N)c[nH]n3c2Nc2cccc(NC(C)=O)c2)cc1OC. The number of imidazole rings is 1. The maximum atomic E-state index is 11.4. The van der Waals surface area contributed by atoms with Gasteiger partial charge in [0.15, 0.2) is 23.0 Å². The Hall–Kier alpha value is -4.45. The van der Waals surface area contributed by atoms with Crippen LogP contribution >= 0.6 is 0 Å². The van der Waals surface area contributed by atoms with Crippen molar-refractivity contribution >= 4 is 28.7 Å². The lowest BCUT2D eigenvalue weighted by Crippen LogP contribution is -2.06. The van der Waals surface area contributed by atoms with Gasteiger partial charge in [0.05, 0.1) is 14.2 Å². The summed E-state index contributed by atoms with van der Waals surface area (Å²) in [5.41, 5.74) is 3.71. The molecule has 4 rings (SSSR count). The maximum Gasteiger partial charge on any atom is 0.221 e. The van der Waals surface area contributed by atoms with Gasteiger partial charge >= 0.3 is 0 Å². The molecule has 1 amide bonds. The Balaban J connectivity index is 1.84. The predicted octanol–water partition coefficient (Wildman–Crippen LogP) is 3.92. The van der Waals surface area contributed by atoms with E-state index in [0.29, 0.717) is 39.9 Å². The summed E-state index contributed by atoms with van der Waals surface area (Å²) in [6.07, 6.45) is 1.60. The minimum absolute atomic E-state index is 0.155. The van der Waals surface area contributed by atoms with Crippen molar-refractivity contribution in [2.75, 3.05) is 24.9 Å². The topological polar surface area (TPSA) is 116 Å². The Morgan fingerprint density at radius 3 is 2.61 bits per heavy atom. The largest absolute Gasteiger partial charge is 0.493 e. The van der Waals surface area contributed by atoms with Crippen molar-refractivity contribution in [2.24, 2.45) is 0 Å². The molecule has 2 aromatic carbocycles. The zero-order chi connectivity index (χ0) is 22.0. The second-order valence-electron chi connectivity index (χ2n) is 6.72. The Kier molecular flexibility index (Phi) is 5.20. The van der Waals surface area contributed by atoms with Crippen LogP contribution in [0.25, 0.3) is 16.9 Å². The molecule has 2 heterocycles. The number of anilines is 3. The third-order valence-electron chi connectivity index (χ3n) is 4.68. The molecule has 4 aromatic rings. The third-order valence-corrected chi connectivity index (χ3v) is 4.68. The lowest BCUT2D eigenvalue weighted by molar-refractivity contribution is -0.114. The van der Waals surface area contributed by atoms with E-state index in [4.69, 9.17) is 14.5 Å². The molecule has 9 nitrogen and oxygen atoms in total. The number of rotatable bonds is 6. The van der Waals surface area contributed by atoms with Crippen LogP contribution in [0.3, 0.4) is 0 Å². The van der Waals surface area contributed by atoms with Crippen LogP contribution in [0.1, 0.15) is 12.5 Å². The molecule has 0 spiro atoms. The summed E-state index contributed by atoms with van der Waals surface area (Å²) in [6, 6.07) is 15.0. The number of fused-ring (bicyclic) bond motifs is 1. The molecule has 0 aliphatic heterocycles. The van der Waals surface area contributed by atoms with Gasteiger partial charge in [-0.15, -0.1) is 0 Å². The quantitative estimate of drug-likeness (QED) is 0.439. The number of carbonyl (C=O) groups is 1. The highest BCUT2D eigenvalue weighted by atomic mass is 16.5. The van der Waals surface area contributed by atoms with E-state index in [1.165, 1.54) is 6.92 Å². The summed E-state index contributed by atoms with van der Waals surface area (Å²) >= 11 is 0. The van der Waals surface area contributed by atoms with Crippen molar-refractivity contribution in [1.82, 2.24) is 14.6 Å². The summed E-state index contributed by atoms with van der Waals surface area (Å²) in [5.74, 6) is 1.64. The first-order valence-corrected chi connectivity index (χ1v) is 9.41. The fourth-order valence-corrected chi connectivity index (χ4v) is 3.32. The molecule has 2 aromatic heterocycles. The molecule has 0 fully saturated rings. The molecule has 3 N–H and O–H groups in total. The Morgan fingerprint density at radius 2 is 1.90 bits per heavy atom. The number of methoxy groups -OCH3 is 2. The standard InChI is InChI=1S/C22H20N6O3/c1-13(29)25-16-5-4-6-17(10-16)26-22-20(27-21-15(11-23)12-24-28(21)22)14-7-8-18(30-2)19(9-14)31-3/h4-10,12,24,26H,1-3H3,(H,25,29). The van der Waals surface area contributed by atoms with Crippen molar-refractivity contribution in [3.63, 3.8) is 0 Å². The molecule has 0 aliphatic rings. The lowest BCUT2D eigenvalue weighted by Gasteiger charge is -2.12. The van der Waals surface area contributed by atoms with Crippen molar-refractivity contribution in [1.29, 1.82) is 5.26 Å². The lowest BCUT2D eigenvalue weighted by atomic mass is 10.1. The molecule has 0 aliphatic carbocycles. The van der Waals surface area contributed by atoms with Crippen LogP contribution in [-0.4, -0.2) is 34.7 Å². The van der Waals surface area contributed by atoms with E-state index in [9.17, 15) is 10.1 Å². The van der Waals surface area contributed by atoms with Crippen molar-refractivity contribution in [3.8, 4) is 28.8 Å². The van der Waals surface area contributed by atoms with Crippen LogP contribution in [0.15, 0.2) is 48.7 Å². The summed E-state index contributed by atoms with van der Waals surface area (Å²) < 4.78 is 12.5. The molecule has 0 atom stereocenters. The van der Waals surface area contributed by atoms with Crippen LogP contribution in [0, 0.1) is 11.3 Å². The Labute approximate surface area is 178 Å². The molecule has 9 heteroatoms. The number of H-pyrrole nitrogens is 1. The molecule has 156 valence electrons. The van der Waals surface area contributed by atoms with Gasteiger partial charge in [-0.05, 0) is 36.4 Å². The summed E-state index contributed by atoms with van der Waals surface area (Å²) in [4.78, 5) is 16.1. The molecule has 0 unspecified atom stereocenters. The van der Waals surface area contributed by atoms with Gasteiger partial charge in [0.1, 0.15) is 17.3 Å². The molecule has 0 saturated heterocycles. The molecular formula is C22H20N6O3. The van der Waals surface area contributed by atoms with Gasteiger partial charge in [-0.2, -0.15) is 5.26 Å².